The van der Waals surface area contributed by atoms with Gasteiger partial charge in [-0.15, -0.1) is 0 Å². The van der Waals surface area contributed by atoms with Gasteiger partial charge in [-0.1, -0.05) is 17.7 Å². The number of halogens is 1. The van der Waals surface area contributed by atoms with E-state index in [9.17, 15) is 4.79 Å². The molecule has 0 radical (unpaired) electrons. The Balaban J connectivity index is 1.53. The summed E-state index contributed by atoms with van der Waals surface area (Å²) in [6, 6.07) is 7.69. The Labute approximate surface area is 134 Å². The third-order valence-electron chi connectivity index (χ3n) is 3.66. The van der Waals surface area contributed by atoms with Crippen molar-refractivity contribution in [2.75, 3.05) is 23.3 Å². The maximum atomic E-state index is 12.0. The summed E-state index contributed by atoms with van der Waals surface area (Å²) >= 11 is 6.02. The molecule has 1 aromatic carbocycles. The number of amides is 2. The zero-order chi connectivity index (χ0) is 15.5. The Bertz CT molecular complexity index is 671. The third kappa shape index (κ3) is 3.51. The second-order valence-electron chi connectivity index (χ2n) is 5.41. The first-order chi connectivity index (χ1) is 10.6. The van der Waals surface area contributed by atoms with Gasteiger partial charge >= 0.3 is 6.03 Å². The van der Waals surface area contributed by atoms with Gasteiger partial charge in [-0.25, -0.2) is 4.79 Å². The summed E-state index contributed by atoms with van der Waals surface area (Å²) in [5.41, 5.74) is 1.77. The van der Waals surface area contributed by atoms with Crippen LogP contribution < -0.4 is 15.5 Å². The summed E-state index contributed by atoms with van der Waals surface area (Å²) in [4.78, 5) is 14.2. The van der Waals surface area contributed by atoms with E-state index >= 15 is 0 Å². The average Bonchev–Trinajstić information content (AvgIpc) is 3.08. The molecule has 0 aliphatic carbocycles. The maximum Gasteiger partial charge on any atom is 0.319 e. The highest BCUT2D eigenvalue weighted by Crippen LogP contribution is 2.23. The maximum absolute atomic E-state index is 12.0. The van der Waals surface area contributed by atoms with Crippen LogP contribution in [-0.2, 0) is 7.05 Å². The SMILES string of the molecule is Cn1cc(NC(=O)N[C@H]2CCN(c3cccc(Cl)c3)C2)cn1. The second kappa shape index (κ2) is 6.27. The zero-order valence-corrected chi connectivity index (χ0v) is 13.0. The normalized spacial score (nSPS) is 17.5. The van der Waals surface area contributed by atoms with Crippen molar-refractivity contribution in [2.45, 2.75) is 12.5 Å². The predicted octanol–water partition coefficient (Wildman–Crippen LogP) is 2.47. The molecule has 0 bridgehead atoms. The number of anilines is 2. The lowest BCUT2D eigenvalue weighted by molar-refractivity contribution is 0.249. The average molecular weight is 320 g/mol. The highest BCUT2D eigenvalue weighted by Gasteiger charge is 2.24. The van der Waals surface area contributed by atoms with Gasteiger partial charge in [-0.05, 0) is 24.6 Å². The Hall–Kier alpha value is -2.21. The summed E-state index contributed by atoms with van der Waals surface area (Å²) in [6.45, 7) is 1.68. The number of urea groups is 1. The molecule has 3 rings (SSSR count). The Morgan fingerprint density at radius 1 is 1.45 bits per heavy atom. The predicted molar refractivity (Wildman–Crippen MR) is 87.4 cm³/mol. The minimum absolute atomic E-state index is 0.121. The highest BCUT2D eigenvalue weighted by atomic mass is 35.5. The van der Waals surface area contributed by atoms with Crippen molar-refractivity contribution in [1.29, 1.82) is 0 Å². The van der Waals surface area contributed by atoms with Gasteiger partial charge in [-0.2, -0.15) is 5.10 Å². The van der Waals surface area contributed by atoms with Crippen molar-refractivity contribution in [1.82, 2.24) is 15.1 Å². The molecule has 22 heavy (non-hydrogen) atoms. The monoisotopic (exact) mass is 319 g/mol. The third-order valence-corrected chi connectivity index (χ3v) is 3.89. The van der Waals surface area contributed by atoms with E-state index in [-0.39, 0.29) is 12.1 Å². The first-order valence-electron chi connectivity index (χ1n) is 7.17. The van der Waals surface area contributed by atoms with Crippen LogP contribution in [0.25, 0.3) is 0 Å². The molecule has 1 aromatic heterocycles. The van der Waals surface area contributed by atoms with Crippen molar-refractivity contribution in [3.8, 4) is 0 Å². The van der Waals surface area contributed by atoms with Crippen LogP contribution in [0.4, 0.5) is 16.2 Å². The Morgan fingerprint density at radius 2 is 2.32 bits per heavy atom. The van der Waals surface area contributed by atoms with Gasteiger partial charge in [0.2, 0.25) is 0 Å². The molecule has 0 unspecified atom stereocenters. The molecule has 1 saturated heterocycles. The number of aryl methyl sites for hydroxylation is 1. The van der Waals surface area contributed by atoms with Gasteiger partial charge in [-0.3, -0.25) is 4.68 Å². The molecule has 1 aliphatic heterocycles. The molecular weight excluding hydrogens is 302 g/mol. The van der Waals surface area contributed by atoms with Crippen molar-refractivity contribution >= 4 is 29.0 Å². The van der Waals surface area contributed by atoms with E-state index in [4.69, 9.17) is 11.6 Å². The first-order valence-corrected chi connectivity index (χ1v) is 7.54. The van der Waals surface area contributed by atoms with Gasteiger partial charge in [0.15, 0.2) is 0 Å². The molecule has 2 aromatic rings. The van der Waals surface area contributed by atoms with E-state index in [1.54, 1.807) is 17.1 Å². The van der Waals surface area contributed by atoms with Gasteiger partial charge in [0.05, 0.1) is 11.9 Å². The molecule has 1 aliphatic rings. The summed E-state index contributed by atoms with van der Waals surface area (Å²) < 4.78 is 1.64. The Kier molecular flexibility index (Phi) is 4.20. The molecular formula is C15H18ClN5O. The summed E-state index contributed by atoms with van der Waals surface area (Å²) in [7, 11) is 1.81. The zero-order valence-electron chi connectivity index (χ0n) is 12.3. The minimum Gasteiger partial charge on any atom is -0.369 e. The lowest BCUT2D eigenvalue weighted by atomic mass is 10.3. The van der Waals surface area contributed by atoms with Crippen LogP contribution in [0.15, 0.2) is 36.7 Å². The molecule has 1 atom stereocenters. The van der Waals surface area contributed by atoms with Gasteiger partial charge in [0.1, 0.15) is 0 Å². The number of benzene rings is 1. The topological polar surface area (TPSA) is 62.2 Å². The van der Waals surface area contributed by atoms with Gasteiger partial charge in [0.25, 0.3) is 0 Å². The van der Waals surface area contributed by atoms with Crippen LogP contribution in [0.3, 0.4) is 0 Å². The molecule has 116 valence electrons. The standard InChI is InChI=1S/C15H18ClN5O/c1-20-9-13(8-17-20)19-15(22)18-12-5-6-21(10-12)14-4-2-3-11(16)7-14/h2-4,7-9,12H,5-6,10H2,1H3,(H2,18,19,22)/t12-/m0/s1. The van der Waals surface area contributed by atoms with Crippen LogP contribution in [0.2, 0.25) is 5.02 Å². The molecule has 7 heteroatoms. The van der Waals surface area contributed by atoms with Crippen LogP contribution in [0.5, 0.6) is 0 Å². The number of rotatable bonds is 3. The largest absolute Gasteiger partial charge is 0.369 e. The van der Waals surface area contributed by atoms with E-state index < -0.39 is 0 Å². The van der Waals surface area contributed by atoms with E-state index in [1.807, 2.05) is 31.3 Å². The number of carbonyl (C=O) groups excluding carboxylic acids is 1. The second-order valence-corrected chi connectivity index (χ2v) is 5.85. The van der Waals surface area contributed by atoms with Crippen LogP contribution in [0, 0.1) is 0 Å². The van der Waals surface area contributed by atoms with E-state index in [1.165, 1.54) is 0 Å². The van der Waals surface area contributed by atoms with Crippen molar-refractivity contribution in [3.05, 3.63) is 41.7 Å². The van der Waals surface area contributed by atoms with E-state index in [0.717, 1.165) is 30.2 Å². The molecule has 1 fully saturated rings. The number of carbonyl (C=O) groups is 1. The Morgan fingerprint density at radius 3 is 3.05 bits per heavy atom. The van der Waals surface area contributed by atoms with Gasteiger partial charge in [0, 0.05) is 43.1 Å². The fourth-order valence-corrected chi connectivity index (χ4v) is 2.81. The number of nitrogens with zero attached hydrogens (tertiary/aromatic N) is 3. The fourth-order valence-electron chi connectivity index (χ4n) is 2.62. The summed E-state index contributed by atoms with van der Waals surface area (Å²) in [5.74, 6) is 0. The van der Waals surface area contributed by atoms with Crippen LogP contribution >= 0.6 is 11.6 Å². The first kappa shape index (κ1) is 14.7. The molecule has 0 spiro atoms. The summed E-state index contributed by atoms with van der Waals surface area (Å²) in [6.07, 6.45) is 4.28. The van der Waals surface area contributed by atoms with Crippen molar-refractivity contribution in [2.24, 2.45) is 7.05 Å². The molecule has 2 amide bonds. The van der Waals surface area contributed by atoms with Gasteiger partial charge < -0.3 is 15.5 Å². The minimum atomic E-state index is -0.203. The number of nitrogens with one attached hydrogen (secondary N) is 2. The van der Waals surface area contributed by atoms with E-state index in [2.05, 4.69) is 20.6 Å². The van der Waals surface area contributed by atoms with Crippen LogP contribution in [0.1, 0.15) is 6.42 Å². The highest BCUT2D eigenvalue weighted by molar-refractivity contribution is 6.30. The number of hydrogen-bond donors (Lipinski definition) is 2. The molecule has 6 nitrogen and oxygen atoms in total. The lowest BCUT2D eigenvalue weighted by Crippen LogP contribution is -2.39. The molecule has 0 saturated carbocycles. The van der Waals surface area contributed by atoms with E-state index in [0.29, 0.717) is 5.69 Å². The van der Waals surface area contributed by atoms with Crippen molar-refractivity contribution in [3.63, 3.8) is 0 Å². The lowest BCUT2D eigenvalue weighted by Gasteiger charge is -2.19. The number of aromatic nitrogens is 2. The molecule has 2 heterocycles. The molecule has 2 N–H and O–H groups in total. The van der Waals surface area contributed by atoms with Crippen molar-refractivity contribution < 1.29 is 4.79 Å². The quantitative estimate of drug-likeness (QED) is 0.913. The number of hydrogen-bond acceptors (Lipinski definition) is 3. The smallest absolute Gasteiger partial charge is 0.319 e. The van der Waals surface area contributed by atoms with Crippen LogP contribution in [-0.4, -0.2) is 34.9 Å². The fraction of sp³-hybridized carbons (Fsp3) is 0.333. The summed E-state index contributed by atoms with van der Waals surface area (Å²) in [5, 5.41) is 10.5.